The molecule has 1 amide bonds. The molecule has 0 heterocycles. The van der Waals surface area contributed by atoms with E-state index in [0.29, 0.717) is 16.8 Å². The summed E-state index contributed by atoms with van der Waals surface area (Å²) in [5.41, 5.74) is 2.26. The van der Waals surface area contributed by atoms with Gasteiger partial charge in [0.05, 0.1) is 10.6 Å². The number of carbonyl (C=O) groups excluding carboxylic acids is 1. The Morgan fingerprint density at radius 3 is 2.23 bits per heavy atom. The van der Waals surface area contributed by atoms with Crippen molar-refractivity contribution in [2.75, 3.05) is 4.72 Å². The molecule has 5 nitrogen and oxygen atoms in total. The smallest absolute Gasteiger partial charge is 0.262 e. The fourth-order valence-corrected chi connectivity index (χ4v) is 3.78. The van der Waals surface area contributed by atoms with Crippen molar-refractivity contribution in [3.05, 3.63) is 59.2 Å². The maximum absolute atomic E-state index is 12.8. The number of nitrogens with one attached hydrogen (secondary N) is 2. The Morgan fingerprint density at radius 2 is 1.62 bits per heavy atom. The Bertz CT molecular complexity index is 905. The average Bonchev–Trinajstić information content (AvgIpc) is 2.56. The molecule has 0 fully saturated rings. The van der Waals surface area contributed by atoms with Gasteiger partial charge in [-0.15, -0.1) is 0 Å². The summed E-state index contributed by atoms with van der Waals surface area (Å²) in [6.45, 7) is 9.51. The third-order valence-corrected chi connectivity index (χ3v) is 6.00. The minimum Gasteiger partial charge on any atom is -0.349 e. The number of sulfonamides is 1. The molecule has 0 aromatic heterocycles. The lowest BCUT2D eigenvalue weighted by Crippen LogP contribution is -2.36. The van der Waals surface area contributed by atoms with Crippen molar-refractivity contribution in [3.8, 4) is 0 Å². The quantitative estimate of drug-likeness (QED) is 0.806. The van der Waals surface area contributed by atoms with Crippen LogP contribution in [0.4, 0.5) is 5.69 Å². The van der Waals surface area contributed by atoms with E-state index in [2.05, 4.69) is 10.0 Å². The summed E-state index contributed by atoms with van der Waals surface area (Å²) < 4.78 is 28.3. The molecule has 0 bridgehead atoms. The fourth-order valence-electron chi connectivity index (χ4n) is 2.37. The Morgan fingerprint density at radius 1 is 0.962 bits per heavy atom. The van der Waals surface area contributed by atoms with Gasteiger partial charge in [-0.25, -0.2) is 8.42 Å². The molecule has 6 heteroatoms. The minimum absolute atomic E-state index is 0.00560. The van der Waals surface area contributed by atoms with Gasteiger partial charge in [0.1, 0.15) is 0 Å². The minimum atomic E-state index is -3.80. The van der Waals surface area contributed by atoms with Gasteiger partial charge in [0.2, 0.25) is 0 Å². The van der Waals surface area contributed by atoms with Gasteiger partial charge in [-0.1, -0.05) is 38.1 Å². The predicted molar refractivity (Wildman–Crippen MR) is 105 cm³/mol. The third-order valence-electron chi connectivity index (χ3n) is 4.49. The molecule has 140 valence electrons. The molecule has 0 saturated heterocycles. The molecule has 26 heavy (non-hydrogen) atoms. The average molecular weight is 375 g/mol. The Balaban J connectivity index is 2.34. The molecular formula is C20H26N2O3S. The monoisotopic (exact) mass is 374 g/mol. The van der Waals surface area contributed by atoms with E-state index in [4.69, 9.17) is 0 Å². The van der Waals surface area contributed by atoms with Crippen LogP contribution in [0.3, 0.4) is 0 Å². The molecule has 1 unspecified atom stereocenters. The van der Waals surface area contributed by atoms with Gasteiger partial charge in [0.15, 0.2) is 0 Å². The Kier molecular flexibility index (Phi) is 6.08. The van der Waals surface area contributed by atoms with Gasteiger partial charge in [0, 0.05) is 11.6 Å². The van der Waals surface area contributed by atoms with Crippen LogP contribution in [-0.4, -0.2) is 20.4 Å². The first-order valence-corrected chi connectivity index (χ1v) is 10.1. The van der Waals surface area contributed by atoms with Crippen LogP contribution in [0.15, 0.2) is 47.4 Å². The highest BCUT2D eigenvalue weighted by Gasteiger charge is 2.21. The topological polar surface area (TPSA) is 75.3 Å². The molecule has 0 aliphatic rings. The second-order valence-corrected chi connectivity index (χ2v) is 8.56. The van der Waals surface area contributed by atoms with E-state index in [1.807, 2.05) is 39.8 Å². The van der Waals surface area contributed by atoms with Crippen LogP contribution in [0.25, 0.3) is 0 Å². The maximum Gasteiger partial charge on any atom is 0.262 e. The van der Waals surface area contributed by atoms with Crippen LogP contribution in [0.2, 0.25) is 0 Å². The molecule has 2 aromatic rings. The highest BCUT2D eigenvalue weighted by Crippen LogP contribution is 2.23. The van der Waals surface area contributed by atoms with Gasteiger partial charge < -0.3 is 5.32 Å². The highest BCUT2D eigenvalue weighted by molar-refractivity contribution is 7.92. The van der Waals surface area contributed by atoms with Crippen LogP contribution in [0.5, 0.6) is 0 Å². The van der Waals surface area contributed by atoms with Crippen molar-refractivity contribution < 1.29 is 13.2 Å². The molecular weight excluding hydrogens is 348 g/mol. The lowest BCUT2D eigenvalue weighted by Gasteiger charge is -2.18. The van der Waals surface area contributed by atoms with Crippen molar-refractivity contribution in [3.63, 3.8) is 0 Å². The summed E-state index contributed by atoms with van der Waals surface area (Å²) in [5, 5.41) is 2.90. The number of hydrogen-bond acceptors (Lipinski definition) is 3. The summed E-state index contributed by atoms with van der Waals surface area (Å²) in [4.78, 5) is 12.5. The largest absolute Gasteiger partial charge is 0.349 e. The first kappa shape index (κ1) is 20.0. The normalized spacial score (nSPS) is 12.7. The summed E-state index contributed by atoms with van der Waals surface area (Å²) in [6, 6.07) is 11.9. The lowest BCUT2D eigenvalue weighted by atomic mass is 10.1. The number of amides is 1. The molecule has 2 rings (SSSR count). The van der Waals surface area contributed by atoms with E-state index in [-0.39, 0.29) is 22.8 Å². The highest BCUT2D eigenvalue weighted by atomic mass is 32.2. The SMILES string of the molecule is Cc1ccccc1NS(=O)(=O)c1cc(C(=O)NC(C)C(C)C)ccc1C. The molecule has 0 saturated carbocycles. The summed E-state index contributed by atoms with van der Waals surface area (Å²) in [5.74, 6) is 0.00821. The van der Waals surface area contributed by atoms with Crippen molar-refractivity contribution in [2.24, 2.45) is 5.92 Å². The van der Waals surface area contributed by atoms with E-state index in [1.54, 1.807) is 31.2 Å². The maximum atomic E-state index is 12.8. The van der Waals surface area contributed by atoms with Gasteiger partial charge in [-0.2, -0.15) is 0 Å². The first-order valence-electron chi connectivity index (χ1n) is 8.62. The summed E-state index contributed by atoms with van der Waals surface area (Å²) in [6.07, 6.45) is 0. The van der Waals surface area contributed by atoms with Crippen LogP contribution < -0.4 is 10.0 Å². The van der Waals surface area contributed by atoms with Gasteiger partial charge >= 0.3 is 0 Å². The van der Waals surface area contributed by atoms with Gasteiger partial charge in [-0.3, -0.25) is 9.52 Å². The number of benzene rings is 2. The van der Waals surface area contributed by atoms with Gasteiger partial charge in [0.25, 0.3) is 15.9 Å². The van der Waals surface area contributed by atoms with Crippen molar-refractivity contribution >= 4 is 21.6 Å². The van der Waals surface area contributed by atoms with Crippen LogP contribution in [0, 0.1) is 19.8 Å². The molecule has 2 aromatic carbocycles. The number of anilines is 1. The molecule has 2 N–H and O–H groups in total. The molecule has 0 spiro atoms. The van der Waals surface area contributed by atoms with E-state index in [9.17, 15) is 13.2 Å². The van der Waals surface area contributed by atoms with E-state index in [0.717, 1.165) is 5.56 Å². The Hall–Kier alpha value is -2.34. The summed E-state index contributed by atoms with van der Waals surface area (Å²) >= 11 is 0. The molecule has 0 radical (unpaired) electrons. The van der Waals surface area contributed by atoms with Crippen molar-refractivity contribution in [1.29, 1.82) is 0 Å². The number of aryl methyl sites for hydroxylation is 2. The first-order chi connectivity index (χ1) is 12.1. The van der Waals surface area contributed by atoms with Gasteiger partial charge in [-0.05, 0) is 56.0 Å². The fraction of sp³-hybridized carbons (Fsp3) is 0.350. The van der Waals surface area contributed by atoms with Crippen LogP contribution in [-0.2, 0) is 10.0 Å². The van der Waals surface area contributed by atoms with E-state index < -0.39 is 10.0 Å². The second kappa shape index (κ2) is 7.91. The lowest BCUT2D eigenvalue weighted by molar-refractivity contribution is 0.0930. The molecule has 0 aliphatic carbocycles. The molecule has 1 atom stereocenters. The number of hydrogen-bond donors (Lipinski definition) is 2. The van der Waals surface area contributed by atoms with Crippen molar-refractivity contribution in [2.45, 2.75) is 45.6 Å². The van der Waals surface area contributed by atoms with Crippen molar-refractivity contribution in [1.82, 2.24) is 5.32 Å². The standard InChI is InChI=1S/C20H26N2O3S/c1-13(2)16(5)21-20(23)17-11-10-15(4)19(12-17)26(24,25)22-18-9-7-6-8-14(18)3/h6-13,16,22H,1-5H3,(H,21,23). The third kappa shape index (κ3) is 4.64. The zero-order valence-corrected chi connectivity index (χ0v) is 16.6. The van der Waals surface area contributed by atoms with Crippen LogP contribution >= 0.6 is 0 Å². The zero-order chi connectivity index (χ0) is 19.5. The van der Waals surface area contributed by atoms with E-state index >= 15 is 0 Å². The van der Waals surface area contributed by atoms with Crippen LogP contribution in [0.1, 0.15) is 42.3 Å². The number of para-hydroxylation sites is 1. The zero-order valence-electron chi connectivity index (χ0n) is 15.8. The number of rotatable bonds is 6. The molecule has 0 aliphatic heterocycles. The summed E-state index contributed by atoms with van der Waals surface area (Å²) in [7, 11) is -3.80. The predicted octanol–water partition coefficient (Wildman–Crippen LogP) is 3.88. The number of carbonyl (C=O) groups is 1. The van der Waals surface area contributed by atoms with E-state index in [1.165, 1.54) is 6.07 Å². The second-order valence-electron chi connectivity index (χ2n) is 6.91. The Labute approximate surface area is 155 Å².